The third-order valence-electron chi connectivity index (χ3n) is 3.97. The average molecular weight is 374 g/mol. The third kappa shape index (κ3) is 6.24. The van der Waals surface area contributed by atoms with Crippen molar-refractivity contribution in [1.29, 1.82) is 0 Å². The summed E-state index contributed by atoms with van der Waals surface area (Å²) in [5.41, 5.74) is 0.0562. The first-order chi connectivity index (χ1) is 12.7. The van der Waals surface area contributed by atoms with Crippen LogP contribution >= 0.6 is 0 Å². The number of likely N-dealkylation sites (N-methyl/N-ethyl adjacent to an activating group) is 1. The average Bonchev–Trinajstić information content (AvgIpc) is 3.05. The van der Waals surface area contributed by atoms with Gasteiger partial charge in [-0.2, -0.15) is 0 Å². The minimum absolute atomic E-state index is 0.0330. The first kappa shape index (κ1) is 20.7. The summed E-state index contributed by atoms with van der Waals surface area (Å²) in [5.74, 6) is 0.392. The van der Waals surface area contributed by atoms with Gasteiger partial charge in [-0.3, -0.25) is 9.59 Å². The number of halogens is 1. The number of nitrogens with one attached hydrogen (secondary N) is 1. The van der Waals surface area contributed by atoms with E-state index in [2.05, 4.69) is 5.32 Å². The molecule has 1 N–H and O–H groups in total. The summed E-state index contributed by atoms with van der Waals surface area (Å²) in [4.78, 5) is 26.0. The third-order valence-corrected chi connectivity index (χ3v) is 3.97. The van der Waals surface area contributed by atoms with Gasteiger partial charge in [0.25, 0.3) is 0 Å². The number of hydrogen-bond acceptors (Lipinski definition) is 3. The molecule has 27 heavy (non-hydrogen) atoms. The zero-order chi connectivity index (χ0) is 20.0. The number of rotatable bonds is 7. The van der Waals surface area contributed by atoms with Gasteiger partial charge in [0.1, 0.15) is 17.3 Å². The number of aryl methyl sites for hydroxylation is 1. The second-order valence-electron chi connectivity index (χ2n) is 7.45. The highest BCUT2D eigenvalue weighted by molar-refractivity contribution is 5.85. The van der Waals surface area contributed by atoms with Crippen molar-refractivity contribution in [2.75, 3.05) is 13.1 Å². The Kier molecular flexibility index (Phi) is 6.77. The van der Waals surface area contributed by atoms with E-state index in [9.17, 15) is 14.0 Å². The van der Waals surface area contributed by atoms with E-state index in [-0.39, 0.29) is 36.1 Å². The Morgan fingerprint density at radius 2 is 1.85 bits per heavy atom. The number of amides is 2. The second-order valence-corrected chi connectivity index (χ2v) is 7.45. The molecular weight excluding hydrogens is 347 g/mol. The van der Waals surface area contributed by atoms with E-state index in [1.54, 1.807) is 30.3 Å². The van der Waals surface area contributed by atoms with Gasteiger partial charge < -0.3 is 14.6 Å². The molecule has 0 saturated carbocycles. The van der Waals surface area contributed by atoms with Crippen molar-refractivity contribution in [3.05, 3.63) is 48.0 Å². The monoisotopic (exact) mass is 374 g/mol. The van der Waals surface area contributed by atoms with E-state index in [1.165, 1.54) is 11.0 Å². The van der Waals surface area contributed by atoms with Gasteiger partial charge in [-0.1, -0.05) is 12.1 Å². The number of furan rings is 1. The van der Waals surface area contributed by atoms with Crippen LogP contribution in [0.15, 0.2) is 40.8 Å². The van der Waals surface area contributed by atoms with Crippen molar-refractivity contribution in [3.63, 3.8) is 0 Å². The molecule has 1 aromatic heterocycles. The molecule has 0 atom stereocenters. The highest BCUT2D eigenvalue weighted by atomic mass is 19.1. The summed E-state index contributed by atoms with van der Waals surface area (Å²) in [6.45, 7) is 8.01. The fourth-order valence-electron chi connectivity index (χ4n) is 2.71. The van der Waals surface area contributed by atoms with Crippen LogP contribution in [0.1, 0.15) is 39.9 Å². The fourth-order valence-corrected chi connectivity index (χ4v) is 2.71. The molecule has 2 amide bonds. The Morgan fingerprint density at radius 3 is 2.48 bits per heavy atom. The SMILES string of the molecule is CCN(CC(=O)NC(C)(C)C)C(=O)CCc1ccc(-c2ccccc2F)o1. The lowest BCUT2D eigenvalue weighted by atomic mass is 10.1. The van der Waals surface area contributed by atoms with Crippen molar-refractivity contribution in [2.45, 2.75) is 46.1 Å². The fraction of sp³-hybridized carbons (Fsp3) is 0.429. The first-order valence-electron chi connectivity index (χ1n) is 9.12. The quantitative estimate of drug-likeness (QED) is 0.802. The zero-order valence-electron chi connectivity index (χ0n) is 16.3. The van der Waals surface area contributed by atoms with Gasteiger partial charge in [-0.05, 0) is 52.0 Å². The van der Waals surface area contributed by atoms with Gasteiger partial charge in [-0.25, -0.2) is 4.39 Å². The Balaban J connectivity index is 1.92. The standard InChI is InChI=1S/C21H27FN2O3/c1-5-24(14-19(25)23-21(2,3)4)20(26)13-11-15-10-12-18(27-15)16-8-6-7-9-17(16)22/h6-10,12H,5,11,13-14H2,1-4H3,(H,23,25). The molecular formula is C21H27FN2O3. The Bertz CT molecular complexity index is 793. The lowest BCUT2D eigenvalue weighted by Gasteiger charge is -2.25. The van der Waals surface area contributed by atoms with Crippen LogP contribution in [-0.4, -0.2) is 35.3 Å². The maximum atomic E-state index is 13.8. The van der Waals surface area contributed by atoms with E-state index in [0.29, 0.717) is 30.0 Å². The van der Waals surface area contributed by atoms with Gasteiger partial charge in [0.15, 0.2) is 0 Å². The summed E-state index contributed by atoms with van der Waals surface area (Å²) in [6, 6.07) is 9.84. The maximum absolute atomic E-state index is 13.8. The smallest absolute Gasteiger partial charge is 0.240 e. The number of carbonyl (C=O) groups is 2. The molecule has 0 saturated heterocycles. The van der Waals surface area contributed by atoms with Crippen LogP contribution in [-0.2, 0) is 16.0 Å². The largest absolute Gasteiger partial charge is 0.461 e. The highest BCUT2D eigenvalue weighted by Gasteiger charge is 2.19. The predicted molar refractivity (Wildman–Crippen MR) is 103 cm³/mol. The van der Waals surface area contributed by atoms with E-state index < -0.39 is 0 Å². The maximum Gasteiger partial charge on any atom is 0.240 e. The molecule has 0 unspecified atom stereocenters. The van der Waals surface area contributed by atoms with Crippen LogP contribution in [0.2, 0.25) is 0 Å². The Labute approximate surface area is 159 Å². The molecule has 2 rings (SSSR count). The highest BCUT2D eigenvalue weighted by Crippen LogP contribution is 2.25. The summed E-state index contributed by atoms with van der Waals surface area (Å²) < 4.78 is 19.5. The molecule has 1 aromatic carbocycles. The van der Waals surface area contributed by atoms with E-state index >= 15 is 0 Å². The molecule has 0 aliphatic heterocycles. The van der Waals surface area contributed by atoms with Crippen LogP contribution in [0.3, 0.4) is 0 Å². The van der Waals surface area contributed by atoms with Crippen LogP contribution < -0.4 is 5.32 Å². The lowest BCUT2D eigenvalue weighted by Crippen LogP contribution is -2.47. The van der Waals surface area contributed by atoms with Crippen molar-refractivity contribution in [2.24, 2.45) is 0 Å². The van der Waals surface area contributed by atoms with Crippen molar-refractivity contribution >= 4 is 11.8 Å². The molecule has 0 spiro atoms. The zero-order valence-corrected chi connectivity index (χ0v) is 16.3. The number of hydrogen-bond donors (Lipinski definition) is 1. The molecule has 0 aliphatic carbocycles. The molecule has 2 aromatic rings. The van der Waals surface area contributed by atoms with Crippen LogP contribution in [0.4, 0.5) is 4.39 Å². The summed E-state index contributed by atoms with van der Waals surface area (Å²) >= 11 is 0. The van der Waals surface area contributed by atoms with Crippen molar-refractivity contribution in [1.82, 2.24) is 10.2 Å². The van der Waals surface area contributed by atoms with Crippen LogP contribution in [0.25, 0.3) is 11.3 Å². The molecule has 6 heteroatoms. The van der Waals surface area contributed by atoms with Gasteiger partial charge in [0, 0.05) is 24.9 Å². The first-order valence-corrected chi connectivity index (χ1v) is 9.12. The summed E-state index contributed by atoms with van der Waals surface area (Å²) in [5, 5.41) is 2.85. The number of carbonyl (C=O) groups excluding carboxylic acids is 2. The topological polar surface area (TPSA) is 62.6 Å². The minimum Gasteiger partial charge on any atom is -0.461 e. The van der Waals surface area contributed by atoms with Crippen LogP contribution in [0.5, 0.6) is 0 Å². The number of benzene rings is 1. The molecule has 146 valence electrons. The summed E-state index contributed by atoms with van der Waals surface area (Å²) in [6.07, 6.45) is 0.617. The van der Waals surface area contributed by atoms with Crippen LogP contribution in [0, 0.1) is 5.82 Å². The van der Waals surface area contributed by atoms with Gasteiger partial charge >= 0.3 is 0 Å². The van der Waals surface area contributed by atoms with Gasteiger partial charge in [0.2, 0.25) is 11.8 Å². The van der Waals surface area contributed by atoms with E-state index in [0.717, 1.165) is 0 Å². The molecule has 5 nitrogen and oxygen atoms in total. The lowest BCUT2D eigenvalue weighted by molar-refractivity contribution is -0.136. The van der Waals surface area contributed by atoms with Gasteiger partial charge in [0.05, 0.1) is 12.1 Å². The minimum atomic E-state index is -0.350. The predicted octanol–water partition coefficient (Wildman–Crippen LogP) is 3.78. The normalized spacial score (nSPS) is 11.3. The molecule has 0 radical (unpaired) electrons. The second kappa shape index (κ2) is 8.84. The molecule has 0 bridgehead atoms. The van der Waals surface area contributed by atoms with Crippen molar-refractivity contribution < 1.29 is 18.4 Å². The summed E-state index contributed by atoms with van der Waals surface area (Å²) in [7, 11) is 0. The number of nitrogens with zero attached hydrogens (tertiary/aromatic N) is 1. The van der Waals surface area contributed by atoms with E-state index in [4.69, 9.17) is 4.42 Å². The van der Waals surface area contributed by atoms with Gasteiger partial charge in [-0.15, -0.1) is 0 Å². The van der Waals surface area contributed by atoms with E-state index in [1.807, 2.05) is 27.7 Å². The Morgan fingerprint density at radius 1 is 1.15 bits per heavy atom. The molecule has 0 aliphatic rings. The Hall–Kier alpha value is -2.63. The van der Waals surface area contributed by atoms with Crippen molar-refractivity contribution in [3.8, 4) is 11.3 Å². The molecule has 1 heterocycles. The molecule has 0 fully saturated rings.